The highest BCUT2D eigenvalue weighted by atomic mass is 16.3. The second-order valence-corrected chi connectivity index (χ2v) is 3.73. The molecule has 1 aliphatic heterocycles. The lowest BCUT2D eigenvalue weighted by Crippen LogP contribution is -2.24. The molecule has 0 radical (unpaired) electrons. The maximum Gasteiger partial charge on any atom is 0.228 e. The van der Waals surface area contributed by atoms with Gasteiger partial charge in [0.05, 0.1) is 5.92 Å². The Morgan fingerprint density at radius 1 is 1.40 bits per heavy atom. The van der Waals surface area contributed by atoms with E-state index in [1.54, 1.807) is 24.3 Å². The van der Waals surface area contributed by atoms with Crippen molar-refractivity contribution in [2.45, 2.75) is 6.42 Å². The van der Waals surface area contributed by atoms with Crippen molar-refractivity contribution in [1.82, 2.24) is 5.32 Å². The quantitative estimate of drug-likeness (QED) is 0.631. The first kappa shape index (κ1) is 9.98. The summed E-state index contributed by atoms with van der Waals surface area (Å²) in [6.07, 6.45) is 0.893. The summed E-state index contributed by atoms with van der Waals surface area (Å²) in [5.74, 6) is 0.319. The smallest absolute Gasteiger partial charge is 0.228 e. The minimum Gasteiger partial charge on any atom is -0.508 e. The third-order valence-electron chi connectivity index (χ3n) is 2.57. The standard InChI is InChI=1S/C11H14N2O2/c14-10-3-1-9(2-4-10)13-11(15)8-5-6-12-7-8/h1-4,8,12,14H,5-7H2,(H,13,15)/t8-/m0/s1. The zero-order valence-corrected chi connectivity index (χ0v) is 8.36. The number of carbonyl (C=O) groups is 1. The van der Waals surface area contributed by atoms with Gasteiger partial charge in [0.15, 0.2) is 0 Å². The predicted octanol–water partition coefficient (Wildman–Crippen LogP) is 0.940. The minimum absolute atomic E-state index is 0.0469. The van der Waals surface area contributed by atoms with E-state index in [-0.39, 0.29) is 17.6 Å². The Morgan fingerprint density at radius 3 is 2.73 bits per heavy atom. The van der Waals surface area contributed by atoms with Crippen molar-refractivity contribution < 1.29 is 9.90 Å². The Hall–Kier alpha value is -1.55. The summed E-state index contributed by atoms with van der Waals surface area (Å²) in [6, 6.07) is 6.50. The van der Waals surface area contributed by atoms with Crippen LogP contribution in [0.5, 0.6) is 5.75 Å². The molecule has 0 aromatic heterocycles. The van der Waals surface area contributed by atoms with Gasteiger partial charge in [0, 0.05) is 12.2 Å². The van der Waals surface area contributed by atoms with Crippen LogP contribution < -0.4 is 10.6 Å². The van der Waals surface area contributed by atoms with E-state index in [1.807, 2.05) is 0 Å². The van der Waals surface area contributed by atoms with E-state index in [1.165, 1.54) is 0 Å². The molecular formula is C11H14N2O2. The van der Waals surface area contributed by atoms with Gasteiger partial charge in [-0.05, 0) is 37.2 Å². The molecule has 1 atom stereocenters. The first-order valence-electron chi connectivity index (χ1n) is 5.06. The SMILES string of the molecule is O=C(Nc1ccc(O)cc1)[C@H]1CCNC1. The number of phenolic OH excluding ortho intramolecular Hbond substituents is 1. The maximum absolute atomic E-state index is 11.7. The van der Waals surface area contributed by atoms with Gasteiger partial charge in [-0.3, -0.25) is 4.79 Å². The molecule has 2 rings (SSSR count). The molecule has 1 aromatic carbocycles. The molecule has 0 saturated carbocycles. The van der Waals surface area contributed by atoms with E-state index in [0.717, 1.165) is 25.2 Å². The van der Waals surface area contributed by atoms with Gasteiger partial charge in [0.2, 0.25) is 5.91 Å². The fraction of sp³-hybridized carbons (Fsp3) is 0.364. The Morgan fingerprint density at radius 2 is 2.13 bits per heavy atom. The monoisotopic (exact) mass is 206 g/mol. The summed E-state index contributed by atoms with van der Waals surface area (Å²) in [4.78, 5) is 11.7. The van der Waals surface area contributed by atoms with Crippen LogP contribution in [-0.2, 0) is 4.79 Å². The summed E-state index contributed by atoms with van der Waals surface area (Å²) in [5.41, 5.74) is 0.727. The van der Waals surface area contributed by atoms with E-state index < -0.39 is 0 Å². The number of phenols is 1. The highest BCUT2D eigenvalue weighted by molar-refractivity contribution is 5.92. The van der Waals surface area contributed by atoms with Gasteiger partial charge < -0.3 is 15.7 Å². The number of hydrogen-bond acceptors (Lipinski definition) is 3. The second-order valence-electron chi connectivity index (χ2n) is 3.73. The molecule has 4 nitrogen and oxygen atoms in total. The van der Waals surface area contributed by atoms with Crippen molar-refractivity contribution in [3.63, 3.8) is 0 Å². The summed E-state index contributed by atoms with van der Waals surface area (Å²) >= 11 is 0. The first-order chi connectivity index (χ1) is 7.25. The number of carbonyl (C=O) groups excluding carboxylic acids is 1. The molecule has 1 heterocycles. The largest absolute Gasteiger partial charge is 0.508 e. The summed E-state index contributed by atoms with van der Waals surface area (Å²) in [7, 11) is 0. The van der Waals surface area contributed by atoms with Gasteiger partial charge in [0.25, 0.3) is 0 Å². The third kappa shape index (κ3) is 2.47. The summed E-state index contributed by atoms with van der Waals surface area (Å²) < 4.78 is 0. The van der Waals surface area contributed by atoms with Crippen molar-refractivity contribution in [1.29, 1.82) is 0 Å². The van der Waals surface area contributed by atoms with Crippen molar-refractivity contribution in [3.8, 4) is 5.75 Å². The molecule has 0 bridgehead atoms. The zero-order valence-electron chi connectivity index (χ0n) is 8.36. The second kappa shape index (κ2) is 4.31. The fourth-order valence-corrected chi connectivity index (χ4v) is 1.67. The van der Waals surface area contributed by atoms with E-state index in [9.17, 15) is 4.79 Å². The molecule has 1 aliphatic rings. The van der Waals surface area contributed by atoms with Gasteiger partial charge in [-0.1, -0.05) is 0 Å². The molecule has 0 spiro atoms. The molecule has 1 fully saturated rings. The average molecular weight is 206 g/mol. The van der Waals surface area contributed by atoms with Crippen LogP contribution in [0.4, 0.5) is 5.69 Å². The van der Waals surface area contributed by atoms with Crippen molar-refractivity contribution in [2.24, 2.45) is 5.92 Å². The van der Waals surface area contributed by atoms with Crippen molar-refractivity contribution in [3.05, 3.63) is 24.3 Å². The molecule has 80 valence electrons. The molecule has 1 saturated heterocycles. The molecular weight excluding hydrogens is 192 g/mol. The Bertz CT molecular complexity index is 342. The van der Waals surface area contributed by atoms with E-state index in [2.05, 4.69) is 10.6 Å². The van der Waals surface area contributed by atoms with Gasteiger partial charge in [-0.25, -0.2) is 0 Å². The Kier molecular flexibility index (Phi) is 2.87. The highest BCUT2D eigenvalue weighted by Crippen LogP contribution is 2.16. The normalized spacial score (nSPS) is 20.1. The van der Waals surface area contributed by atoms with Crippen LogP contribution in [0.3, 0.4) is 0 Å². The summed E-state index contributed by atoms with van der Waals surface area (Å²) in [5, 5.41) is 15.0. The number of amides is 1. The van der Waals surface area contributed by atoms with Gasteiger partial charge in [0.1, 0.15) is 5.75 Å². The number of hydrogen-bond donors (Lipinski definition) is 3. The van der Waals surface area contributed by atoms with Gasteiger partial charge in [-0.2, -0.15) is 0 Å². The highest BCUT2D eigenvalue weighted by Gasteiger charge is 2.22. The van der Waals surface area contributed by atoms with Crippen molar-refractivity contribution >= 4 is 11.6 Å². The number of benzene rings is 1. The predicted molar refractivity (Wildman–Crippen MR) is 57.7 cm³/mol. The van der Waals surface area contributed by atoms with Crippen molar-refractivity contribution in [2.75, 3.05) is 18.4 Å². The van der Waals surface area contributed by atoms with Crippen LogP contribution in [0.15, 0.2) is 24.3 Å². The van der Waals surface area contributed by atoms with E-state index in [0.29, 0.717) is 0 Å². The van der Waals surface area contributed by atoms with Crippen LogP contribution >= 0.6 is 0 Å². The zero-order chi connectivity index (χ0) is 10.7. The van der Waals surface area contributed by atoms with Crippen LogP contribution in [0.1, 0.15) is 6.42 Å². The van der Waals surface area contributed by atoms with Gasteiger partial charge in [-0.15, -0.1) is 0 Å². The topological polar surface area (TPSA) is 61.4 Å². The number of nitrogens with one attached hydrogen (secondary N) is 2. The molecule has 15 heavy (non-hydrogen) atoms. The van der Waals surface area contributed by atoms with Crippen LogP contribution in [0.2, 0.25) is 0 Å². The number of aromatic hydroxyl groups is 1. The molecule has 0 aliphatic carbocycles. The lowest BCUT2D eigenvalue weighted by atomic mass is 10.1. The molecule has 3 N–H and O–H groups in total. The number of rotatable bonds is 2. The fourth-order valence-electron chi connectivity index (χ4n) is 1.67. The molecule has 0 unspecified atom stereocenters. The Labute approximate surface area is 88.3 Å². The molecule has 1 amide bonds. The third-order valence-corrected chi connectivity index (χ3v) is 2.57. The van der Waals surface area contributed by atoms with Gasteiger partial charge >= 0.3 is 0 Å². The van der Waals surface area contributed by atoms with Crippen LogP contribution in [-0.4, -0.2) is 24.1 Å². The van der Waals surface area contributed by atoms with Crippen LogP contribution in [0.25, 0.3) is 0 Å². The maximum atomic E-state index is 11.7. The average Bonchev–Trinajstić information content (AvgIpc) is 2.74. The minimum atomic E-state index is 0.0469. The molecule has 4 heteroatoms. The molecule has 1 aromatic rings. The van der Waals surface area contributed by atoms with E-state index >= 15 is 0 Å². The number of anilines is 1. The summed E-state index contributed by atoms with van der Waals surface area (Å²) in [6.45, 7) is 1.66. The van der Waals surface area contributed by atoms with E-state index in [4.69, 9.17) is 5.11 Å². The van der Waals surface area contributed by atoms with Crippen LogP contribution in [0, 0.1) is 5.92 Å². The lowest BCUT2D eigenvalue weighted by Gasteiger charge is -2.09. The Balaban J connectivity index is 1.96. The lowest BCUT2D eigenvalue weighted by molar-refractivity contribution is -0.119. The first-order valence-corrected chi connectivity index (χ1v) is 5.06.